The highest BCUT2D eigenvalue weighted by Crippen LogP contribution is 2.40. The Labute approximate surface area is 193 Å². The standard InChI is InChI=1S/C20H23F3N4O4S2/c1-9(2)26-33(30,31)15-7-13(17-10(3)24-19(32-17)25-12(5)28)6-14-8-27(18(29)16(14)15)11(4)20(21,22)23/h6-7,9,11,26H,8H2,1-5H3,(H,24,25,28). The van der Waals surface area contributed by atoms with Crippen LogP contribution in [0.4, 0.5) is 18.3 Å². The fraction of sp³-hybridized carbons (Fsp3) is 0.450. The molecule has 0 fully saturated rings. The normalized spacial score (nSPS) is 15.2. The minimum Gasteiger partial charge on any atom is -0.322 e. The van der Waals surface area contributed by atoms with Crippen LogP contribution in [0.2, 0.25) is 0 Å². The van der Waals surface area contributed by atoms with Gasteiger partial charge in [0.1, 0.15) is 6.04 Å². The van der Waals surface area contributed by atoms with Gasteiger partial charge in [-0.05, 0) is 51.0 Å². The summed E-state index contributed by atoms with van der Waals surface area (Å²) in [5.74, 6) is -1.33. The lowest BCUT2D eigenvalue weighted by Crippen LogP contribution is -2.43. The zero-order chi connectivity index (χ0) is 24.9. The van der Waals surface area contributed by atoms with Gasteiger partial charge in [-0.2, -0.15) is 13.2 Å². The average Bonchev–Trinajstić information content (AvgIpc) is 3.17. The molecule has 2 amide bonds. The number of nitrogens with one attached hydrogen (secondary N) is 2. The van der Waals surface area contributed by atoms with Crippen LogP contribution >= 0.6 is 11.3 Å². The largest absolute Gasteiger partial charge is 0.408 e. The van der Waals surface area contributed by atoms with E-state index in [0.29, 0.717) is 26.2 Å². The topological polar surface area (TPSA) is 108 Å². The first-order valence-electron chi connectivity index (χ1n) is 9.94. The van der Waals surface area contributed by atoms with Crippen molar-refractivity contribution in [3.05, 3.63) is 29.0 Å². The molecule has 2 heterocycles. The first kappa shape index (κ1) is 25.1. The maximum atomic E-state index is 13.3. The molecular formula is C20H23F3N4O4S2. The van der Waals surface area contributed by atoms with Gasteiger partial charge in [0.15, 0.2) is 5.13 Å². The molecule has 3 rings (SSSR count). The Hall–Kier alpha value is -2.51. The number of alkyl halides is 3. The molecule has 33 heavy (non-hydrogen) atoms. The van der Waals surface area contributed by atoms with Gasteiger partial charge in [-0.25, -0.2) is 18.1 Å². The monoisotopic (exact) mass is 504 g/mol. The van der Waals surface area contributed by atoms with Crippen molar-refractivity contribution < 1.29 is 31.2 Å². The van der Waals surface area contributed by atoms with Crippen molar-refractivity contribution in [3.63, 3.8) is 0 Å². The SMILES string of the molecule is CC(=O)Nc1nc(C)c(-c2cc3c(c(S(=O)(=O)NC(C)C)c2)C(=O)N(C(C)C(F)(F)F)C3)s1. The first-order valence-corrected chi connectivity index (χ1v) is 12.2. The maximum Gasteiger partial charge on any atom is 0.408 e. The van der Waals surface area contributed by atoms with E-state index in [4.69, 9.17) is 0 Å². The Morgan fingerprint density at radius 3 is 2.42 bits per heavy atom. The van der Waals surface area contributed by atoms with Crippen LogP contribution in [-0.4, -0.2) is 48.4 Å². The van der Waals surface area contributed by atoms with E-state index in [-0.39, 0.29) is 28.5 Å². The molecule has 1 aromatic heterocycles. The summed E-state index contributed by atoms with van der Waals surface area (Å²) >= 11 is 1.09. The Kier molecular flexibility index (Phi) is 6.61. The van der Waals surface area contributed by atoms with Gasteiger partial charge in [0.25, 0.3) is 5.91 Å². The summed E-state index contributed by atoms with van der Waals surface area (Å²) in [7, 11) is -4.22. The van der Waals surface area contributed by atoms with E-state index >= 15 is 0 Å². The average molecular weight is 505 g/mol. The van der Waals surface area contributed by atoms with Crippen LogP contribution in [0.5, 0.6) is 0 Å². The lowest BCUT2D eigenvalue weighted by atomic mass is 10.0. The minimum atomic E-state index is -4.67. The molecule has 0 bridgehead atoms. The number of carbonyl (C=O) groups is 2. The van der Waals surface area contributed by atoms with Crippen LogP contribution in [0.15, 0.2) is 17.0 Å². The number of thiazole rings is 1. The van der Waals surface area contributed by atoms with Crippen molar-refractivity contribution in [2.24, 2.45) is 0 Å². The second-order valence-electron chi connectivity index (χ2n) is 8.05. The number of aromatic nitrogens is 1. The summed E-state index contributed by atoms with van der Waals surface area (Å²) in [6.45, 7) is 6.63. The highest BCUT2D eigenvalue weighted by molar-refractivity contribution is 7.89. The molecule has 1 unspecified atom stereocenters. The molecule has 13 heteroatoms. The molecule has 2 aromatic rings. The number of halogens is 3. The molecular weight excluding hydrogens is 481 g/mol. The molecule has 0 radical (unpaired) electrons. The number of sulfonamides is 1. The number of nitrogens with zero attached hydrogens (tertiary/aromatic N) is 2. The third-order valence-electron chi connectivity index (χ3n) is 4.96. The Morgan fingerprint density at radius 2 is 1.88 bits per heavy atom. The van der Waals surface area contributed by atoms with Crippen LogP contribution in [0, 0.1) is 6.92 Å². The number of aryl methyl sites for hydroxylation is 1. The van der Waals surface area contributed by atoms with Gasteiger partial charge in [-0.3, -0.25) is 9.59 Å². The quantitative estimate of drug-likeness (QED) is 0.624. The van der Waals surface area contributed by atoms with Crippen molar-refractivity contribution >= 4 is 38.3 Å². The number of fused-ring (bicyclic) bond motifs is 1. The number of benzene rings is 1. The van der Waals surface area contributed by atoms with Crippen LogP contribution < -0.4 is 10.0 Å². The summed E-state index contributed by atoms with van der Waals surface area (Å²) in [5.41, 5.74) is 0.770. The molecule has 2 N–H and O–H groups in total. The van der Waals surface area contributed by atoms with Gasteiger partial charge in [-0.15, -0.1) is 0 Å². The molecule has 1 aromatic carbocycles. The molecule has 8 nitrogen and oxygen atoms in total. The molecule has 0 saturated carbocycles. The lowest BCUT2D eigenvalue weighted by molar-refractivity contribution is -0.172. The van der Waals surface area contributed by atoms with Gasteiger partial charge in [0.2, 0.25) is 15.9 Å². The molecule has 180 valence electrons. The van der Waals surface area contributed by atoms with Crippen molar-refractivity contribution in [2.45, 2.75) is 64.3 Å². The van der Waals surface area contributed by atoms with Gasteiger partial charge >= 0.3 is 6.18 Å². The number of carbonyl (C=O) groups excluding carboxylic acids is 2. The molecule has 0 saturated heterocycles. The van der Waals surface area contributed by atoms with Crippen LogP contribution in [0.1, 0.15) is 49.3 Å². The summed E-state index contributed by atoms with van der Waals surface area (Å²) in [6.07, 6.45) is -4.67. The van der Waals surface area contributed by atoms with Crippen molar-refractivity contribution in [1.29, 1.82) is 0 Å². The van der Waals surface area contributed by atoms with Crippen LogP contribution in [0.3, 0.4) is 0 Å². The second-order valence-corrected chi connectivity index (χ2v) is 10.7. The van der Waals surface area contributed by atoms with Crippen molar-refractivity contribution in [1.82, 2.24) is 14.6 Å². The predicted octanol–water partition coefficient (Wildman–Crippen LogP) is 3.67. The molecule has 1 atom stereocenters. The zero-order valence-electron chi connectivity index (χ0n) is 18.5. The zero-order valence-corrected chi connectivity index (χ0v) is 20.1. The second kappa shape index (κ2) is 8.69. The predicted molar refractivity (Wildman–Crippen MR) is 117 cm³/mol. The van der Waals surface area contributed by atoms with E-state index in [9.17, 15) is 31.2 Å². The molecule has 1 aliphatic heterocycles. The number of anilines is 1. The smallest absolute Gasteiger partial charge is 0.322 e. The minimum absolute atomic E-state index is 0.173. The fourth-order valence-corrected chi connectivity index (χ4v) is 6.03. The molecule has 0 spiro atoms. The number of rotatable bonds is 6. The third kappa shape index (κ3) is 5.04. The third-order valence-corrected chi connectivity index (χ3v) is 7.77. The van der Waals surface area contributed by atoms with E-state index in [1.165, 1.54) is 19.1 Å². The Morgan fingerprint density at radius 1 is 1.24 bits per heavy atom. The lowest BCUT2D eigenvalue weighted by Gasteiger charge is -2.26. The van der Waals surface area contributed by atoms with Crippen molar-refractivity contribution in [2.75, 3.05) is 5.32 Å². The van der Waals surface area contributed by atoms with E-state index in [0.717, 1.165) is 18.3 Å². The fourth-order valence-electron chi connectivity index (χ4n) is 3.51. The molecule has 1 aliphatic rings. The van der Waals surface area contributed by atoms with Crippen molar-refractivity contribution in [3.8, 4) is 10.4 Å². The first-order chi connectivity index (χ1) is 15.1. The van der Waals surface area contributed by atoms with E-state index in [1.54, 1.807) is 20.8 Å². The number of amides is 2. The Bertz CT molecular complexity index is 1220. The van der Waals surface area contributed by atoms with E-state index in [2.05, 4.69) is 15.0 Å². The van der Waals surface area contributed by atoms with Gasteiger partial charge < -0.3 is 10.2 Å². The number of hydrogen-bond acceptors (Lipinski definition) is 6. The summed E-state index contributed by atoms with van der Waals surface area (Å²) in [6, 6.07) is 0.169. The molecule has 0 aliphatic carbocycles. The van der Waals surface area contributed by atoms with Crippen LogP contribution in [-0.2, 0) is 21.4 Å². The Balaban J connectivity index is 2.20. The highest BCUT2D eigenvalue weighted by Gasteiger charge is 2.46. The maximum absolute atomic E-state index is 13.3. The van der Waals surface area contributed by atoms with E-state index in [1.807, 2.05) is 0 Å². The number of hydrogen-bond donors (Lipinski definition) is 2. The summed E-state index contributed by atoms with van der Waals surface area (Å²) in [4.78, 5) is 29.3. The van der Waals surface area contributed by atoms with Gasteiger partial charge in [0.05, 0.1) is 21.0 Å². The van der Waals surface area contributed by atoms with Gasteiger partial charge in [0, 0.05) is 19.5 Å². The highest BCUT2D eigenvalue weighted by atomic mass is 32.2. The van der Waals surface area contributed by atoms with Crippen LogP contribution in [0.25, 0.3) is 10.4 Å². The van der Waals surface area contributed by atoms with Gasteiger partial charge in [-0.1, -0.05) is 11.3 Å². The summed E-state index contributed by atoms with van der Waals surface area (Å²) < 4.78 is 68.6. The summed E-state index contributed by atoms with van der Waals surface area (Å²) in [5, 5.41) is 2.85. The van der Waals surface area contributed by atoms with E-state index < -0.39 is 34.2 Å².